The number of sulfone groups is 1. The summed E-state index contributed by atoms with van der Waals surface area (Å²) in [7, 11) is -5.36. The van der Waals surface area contributed by atoms with Gasteiger partial charge in [0.2, 0.25) is 0 Å². The molecule has 6 nitrogen and oxygen atoms in total. The van der Waals surface area contributed by atoms with Crippen LogP contribution in [0.5, 0.6) is 0 Å². The van der Waals surface area contributed by atoms with Crippen LogP contribution in [-0.2, 0) is 16.3 Å². The fraction of sp³-hybridized carbons (Fsp3) is 0.571. The van der Waals surface area contributed by atoms with E-state index in [1.165, 1.54) is 11.0 Å². The summed E-state index contributed by atoms with van der Waals surface area (Å²) in [5.74, 6) is 0.290. The molecule has 1 aromatic heterocycles. The van der Waals surface area contributed by atoms with E-state index in [9.17, 15) is 26.4 Å². The predicted molar refractivity (Wildman–Crippen MR) is 75.9 cm³/mol. The van der Waals surface area contributed by atoms with Gasteiger partial charge in [-0.3, -0.25) is 4.98 Å². The van der Waals surface area contributed by atoms with Gasteiger partial charge in [-0.15, -0.1) is 0 Å². The third kappa shape index (κ3) is 2.83. The molecule has 0 unspecified atom stereocenters. The topological polar surface area (TPSA) is 87.6 Å². The zero-order valence-electron chi connectivity index (χ0n) is 12.5. The third-order valence-electron chi connectivity index (χ3n) is 4.68. The van der Waals surface area contributed by atoms with E-state index in [-0.39, 0.29) is 5.41 Å². The summed E-state index contributed by atoms with van der Waals surface area (Å²) < 4.78 is 59.9. The Hall–Kier alpha value is -1.84. The molecule has 1 aliphatic heterocycles. The molecule has 1 aromatic rings. The van der Waals surface area contributed by atoms with E-state index >= 15 is 0 Å². The van der Waals surface area contributed by atoms with Crippen molar-refractivity contribution in [3.05, 3.63) is 24.0 Å². The van der Waals surface area contributed by atoms with Gasteiger partial charge in [-0.1, -0.05) is 0 Å². The van der Waals surface area contributed by atoms with Crippen molar-refractivity contribution in [2.24, 2.45) is 11.3 Å². The molecule has 2 aliphatic rings. The minimum absolute atomic E-state index is 0.0443. The monoisotopic (exact) mass is 364 g/mol. The molecule has 1 aliphatic carbocycles. The van der Waals surface area contributed by atoms with Crippen molar-refractivity contribution in [1.82, 2.24) is 9.88 Å². The predicted octanol–water partition coefficient (Wildman–Crippen LogP) is 2.31. The molecule has 2 fully saturated rings. The Morgan fingerprint density at radius 3 is 2.42 bits per heavy atom. The second-order valence-corrected chi connectivity index (χ2v) is 8.49. The quantitative estimate of drug-likeness (QED) is 0.889. The Morgan fingerprint density at radius 2 is 1.96 bits per heavy atom. The lowest BCUT2D eigenvalue weighted by molar-refractivity contribution is -0.0796. The first kappa shape index (κ1) is 17.0. The van der Waals surface area contributed by atoms with Crippen LogP contribution in [0.3, 0.4) is 0 Å². The molecule has 1 amide bonds. The number of halogens is 3. The summed E-state index contributed by atoms with van der Waals surface area (Å²) in [6.45, 7) is 1.05. The van der Waals surface area contributed by atoms with Crippen molar-refractivity contribution in [1.29, 1.82) is 0 Å². The largest absolute Gasteiger partial charge is 0.501 e. The molecule has 2 heterocycles. The zero-order chi connectivity index (χ0) is 17.8. The molecule has 132 valence electrons. The number of pyridine rings is 1. The van der Waals surface area contributed by atoms with Crippen molar-refractivity contribution in [3.8, 4) is 0 Å². The van der Waals surface area contributed by atoms with Crippen LogP contribution in [0.15, 0.2) is 23.2 Å². The molecule has 3 rings (SSSR count). The second-order valence-electron chi connectivity index (χ2n) is 6.55. The van der Waals surface area contributed by atoms with Crippen molar-refractivity contribution in [2.75, 3.05) is 13.1 Å². The lowest BCUT2D eigenvalue weighted by Crippen LogP contribution is -2.63. The van der Waals surface area contributed by atoms with Crippen LogP contribution in [0.4, 0.5) is 18.0 Å². The van der Waals surface area contributed by atoms with Gasteiger partial charge in [-0.05, 0) is 37.3 Å². The highest BCUT2D eigenvalue weighted by molar-refractivity contribution is 7.92. The Labute approximate surface area is 136 Å². The zero-order valence-corrected chi connectivity index (χ0v) is 13.3. The standard InChI is InChI=1S/C14H15F3N2O4S/c15-14(16,17)24(22,23)11-2-1-10(18-6-11)3-9-4-13(5-9)7-19(8-13)12(20)21/h1-2,6,9H,3-5,7-8H2,(H,20,21). The molecule has 1 saturated carbocycles. The SMILES string of the molecule is O=C(O)N1CC2(CC(Cc3ccc(S(=O)(=O)C(F)(F)F)cn3)C2)C1. The van der Waals surface area contributed by atoms with Crippen molar-refractivity contribution >= 4 is 15.9 Å². The Bertz CT molecular complexity index is 747. The maximum absolute atomic E-state index is 12.5. The van der Waals surface area contributed by atoms with Gasteiger partial charge < -0.3 is 10.0 Å². The van der Waals surface area contributed by atoms with Gasteiger partial charge in [-0.25, -0.2) is 13.2 Å². The summed E-state index contributed by atoms with van der Waals surface area (Å²) in [4.78, 5) is 15.1. The van der Waals surface area contributed by atoms with Gasteiger partial charge in [0.15, 0.2) is 0 Å². The molecular formula is C14H15F3N2O4S. The van der Waals surface area contributed by atoms with Gasteiger partial charge in [0.25, 0.3) is 9.84 Å². The minimum Gasteiger partial charge on any atom is -0.465 e. The lowest BCUT2D eigenvalue weighted by Gasteiger charge is -2.58. The van der Waals surface area contributed by atoms with Gasteiger partial charge in [0, 0.05) is 30.4 Å². The number of hydrogen-bond donors (Lipinski definition) is 1. The molecule has 10 heteroatoms. The van der Waals surface area contributed by atoms with Gasteiger partial charge >= 0.3 is 11.6 Å². The first-order valence-electron chi connectivity index (χ1n) is 7.27. The Balaban J connectivity index is 1.57. The molecular weight excluding hydrogens is 349 g/mol. The van der Waals surface area contributed by atoms with Crippen LogP contribution in [0.1, 0.15) is 18.5 Å². The highest BCUT2D eigenvalue weighted by Gasteiger charge is 2.53. The van der Waals surface area contributed by atoms with Crippen molar-refractivity contribution in [3.63, 3.8) is 0 Å². The van der Waals surface area contributed by atoms with Crippen LogP contribution in [0.25, 0.3) is 0 Å². The van der Waals surface area contributed by atoms with E-state index in [1.807, 2.05) is 0 Å². The number of rotatable bonds is 3. The number of alkyl halides is 3. The van der Waals surface area contributed by atoms with Crippen LogP contribution in [-0.4, -0.2) is 48.1 Å². The number of nitrogens with zero attached hydrogens (tertiary/aromatic N) is 2. The van der Waals surface area contributed by atoms with E-state index in [2.05, 4.69) is 4.98 Å². The maximum Gasteiger partial charge on any atom is 0.501 e. The second kappa shape index (κ2) is 5.33. The number of carboxylic acid groups (broad SMARTS) is 1. The number of hydrogen-bond acceptors (Lipinski definition) is 4. The van der Waals surface area contributed by atoms with Crippen LogP contribution < -0.4 is 0 Å². The van der Waals surface area contributed by atoms with E-state index in [1.54, 1.807) is 0 Å². The molecule has 0 aromatic carbocycles. The van der Waals surface area contributed by atoms with Gasteiger partial charge in [-0.2, -0.15) is 13.2 Å². The first-order valence-corrected chi connectivity index (χ1v) is 8.75. The fourth-order valence-corrected chi connectivity index (χ4v) is 4.29. The van der Waals surface area contributed by atoms with Crippen LogP contribution in [0.2, 0.25) is 0 Å². The summed E-state index contributed by atoms with van der Waals surface area (Å²) in [5.41, 5.74) is -4.76. The molecule has 0 atom stereocenters. The van der Waals surface area contributed by atoms with Crippen LogP contribution in [0, 0.1) is 11.3 Å². The molecule has 24 heavy (non-hydrogen) atoms. The number of carbonyl (C=O) groups is 1. The van der Waals surface area contributed by atoms with Gasteiger partial charge in [0.05, 0.1) is 4.90 Å². The van der Waals surface area contributed by atoms with E-state index in [4.69, 9.17) is 5.11 Å². The van der Waals surface area contributed by atoms with Gasteiger partial charge in [0.1, 0.15) is 0 Å². The first-order chi connectivity index (χ1) is 11.0. The lowest BCUT2D eigenvalue weighted by atomic mass is 9.57. The normalized spacial score (nSPS) is 20.5. The molecule has 0 bridgehead atoms. The van der Waals surface area contributed by atoms with E-state index in [0.29, 0.717) is 31.1 Å². The van der Waals surface area contributed by atoms with Crippen molar-refractivity contribution in [2.45, 2.75) is 29.7 Å². The summed E-state index contributed by atoms with van der Waals surface area (Å²) in [6, 6.07) is 2.23. The smallest absolute Gasteiger partial charge is 0.465 e. The van der Waals surface area contributed by atoms with E-state index < -0.39 is 26.3 Å². The molecule has 0 radical (unpaired) electrons. The van der Waals surface area contributed by atoms with Crippen molar-refractivity contribution < 1.29 is 31.5 Å². The summed E-state index contributed by atoms with van der Waals surface area (Å²) >= 11 is 0. The number of likely N-dealkylation sites (tertiary alicyclic amines) is 1. The average Bonchev–Trinajstić information content (AvgIpc) is 2.38. The fourth-order valence-electron chi connectivity index (χ4n) is 3.59. The molecule has 1 N–H and O–H groups in total. The van der Waals surface area contributed by atoms with Crippen LogP contribution >= 0.6 is 0 Å². The summed E-state index contributed by atoms with van der Waals surface area (Å²) in [5, 5.41) is 8.82. The number of amides is 1. The maximum atomic E-state index is 12.5. The highest BCUT2D eigenvalue weighted by Crippen LogP contribution is 2.52. The number of aromatic nitrogens is 1. The molecule has 1 saturated heterocycles. The Kier molecular flexibility index (Phi) is 3.78. The summed E-state index contributed by atoms with van der Waals surface area (Å²) in [6.07, 6.45) is 2.05. The Morgan fingerprint density at radius 1 is 1.33 bits per heavy atom. The third-order valence-corrected chi connectivity index (χ3v) is 6.15. The average molecular weight is 364 g/mol. The minimum atomic E-state index is -5.36. The highest BCUT2D eigenvalue weighted by atomic mass is 32.2. The molecule has 1 spiro atoms. The van der Waals surface area contributed by atoms with E-state index in [0.717, 1.165) is 25.1 Å².